The van der Waals surface area contributed by atoms with Gasteiger partial charge >= 0.3 is 0 Å². The Morgan fingerprint density at radius 3 is 2.80 bits per heavy atom. The van der Waals surface area contributed by atoms with Crippen molar-refractivity contribution in [1.82, 2.24) is 14.8 Å². The minimum Gasteiger partial charge on any atom is -0.381 e. The van der Waals surface area contributed by atoms with E-state index in [0.717, 1.165) is 36.6 Å². The second-order valence-corrected chi connectivity index (χ2v) is 4.83. The molecule has 2 aliphatic rings. The highest BCUT2D eigenvalue weighted by Gasteiger charge is 2.33. The first-order chi connectivity index (χ1) is 7.40. The van der Waals surface area contributed by atoms with Crippen LogP contribution in [-0.4, -0.2) is 28.0 Å². The van der Waals surface area contributed by atoms with Crippen molar-refractivity contribution in [1.29, 1.82) is 0 Å². The van der Waals surface area contributed by atoms with Crippen molar-refractivity contribution in [3.63, 3.8) is 0 Å². The summed E-state index contributed by atoms with van der Waals surface area (Å²) < 4.78 is 7.74. The average Bonchev–Trinajstić information content (AvgIpc) is 2.83. The zero-order valence-electron chi connectivity index (χ0n) is 8.53. The fourth-order valence-corrected chi connectivity index (χ4v) is 2.56. The third-order valence-corrected chi connectivity index (χ3v) is 3.62. The third kappa shape index (κ3) is 1.72. The van der Waals surface area contributed by atoms with E-state index in [1.807, 2.05) is 0 Å². The lowest BCUT2D eigenvalue weighted by Crippen LogP contribution is -2.10. The first kappa shape index (κ1) is 9.78. The molecule has 1 unspecified atom stereocenters. The zero-order chi connectivity index (χ0) is 10.3. The Morgan fingerprint density at radius 1 is 1.33 bits per heavy atom. The molecule has 1 aliphatic carbocycles. The Bertz CT molecular complexity index is 356. The van der Waals surface area contributed by atoms with Crippen molar-refractivity contribution in [3.05, 3.63) is 11.6 Å². The summed E-state index contributed by atoms with van der Waals surface area (Å²) in [4.78, 5) is 0. The van der Waals surface area contributed by atoms with Crippen LogP contribution in [0, 0.1) is 0 Å². The van der Waals surface area contributed by atoms with Crippen molar-refractivity contribution in [2.24, 2.45) is 0 Å². The molecule has 2 heterocycles. The maximum atomic E-state index is 5.42. The van der Waals surface area contributed by atoms with Gasteiger partial charge in [-0.3, -0.25) is 0 Å². The highest BCUT2D eigenvalue weighted by atomic mass is 79.9. The molecule has 1 aliphatic heterocycles. The predicted molar refractivity (Wildman–Crippen MR) is 59.1 cm³/mol. The Hall–Kier alpha value is -0.420. The molecule has 82 valence electrons. The summed E-state index contributed by atoms with van der Waals surface area (Å²) in [5.41, 5.74) is 0. The first-order valence-corrected chi connectivity index (χ1v) is 6.59. The van der Waals surface area contributed by atoms with E-state index in [1.165, 1.54) is 12.8 Å². The molecule has 5 heteroatoms. The molecule has 0 amide bonds. The third-order valence-electron chi connectivity index (χ3n) is 3.12. The average molecular weight is 272 g/mol. The molecule has 3 rings (SSSR count). The molecule has 0 spiro atoms. The minimum atomic E-state index is 0.464. The Labute approximate surface area is 97.1 Å². The van der Waals surface area contributed by atoms with E-state index in [2.05, 4.69) is 30.7 Å². The molecule has 0 bridgehead atoms. The van der Waals surface area contributed by atoms with Gasteiger partial charge in [0, 0.05) is 18.6 Å². The molecule has 4 nitrogen and oxygen atoms in total. The summed E-state index contributed by atoms with van der Waals surface area (Å²) in [6.07, 6.45) is 3.64. The highest BCUT2D eigenvalue weighted by Crippen LogP contribution is 2.39. The van der Waals surface area contributed by atoms with Crippen molar-refractivity contribution in [2.75, 3.05) is 13.2 Å². The van der Waals surface area contributed by atoms with Gasteiger partial charge in [-0.25, -0.2) is 0 Å². The molecule has 1 aromatic heterocycles. The molecule has 1 saturated heterocycles. The van der Waals surface area contributed by atoms with E-state index < -0.39 is 0 Å². The van der Waals surface area contributed by atoms with Gasteiger partial charge in [0.25, 0.3) is 0 Å². The van der Waals surface area contributed by atoms with Crippen molar-refractivity contribution >= 4 is 15.9 Å². The molecular formula is C10H14BrN3O. The van der Waals surface area contributed by atoms with Crippen molar-refractivity contribution in [3.8, 4) is 0 Å². The maximum absolute atomic E-state index is 5.42. The summed E-state index contributed by atoms with van der Waals surface area (Å²) in [6.45, 7) is 1.68. The van der Waals surface area contributed by atoms with Crippen LogP contribution in [0.2, 0.25) is 0 Å². The molecule has 0 N–H and O–H groups in total. The second-order valence-electron chi connectivity index (χ2n) is 4.27. The van der Waals surface area contributed by atoms with Gasteiger partial charge in [-0.2, -0.15) is 0 Å². The standard InChI is InChI=1S/C10H14BrN3O/c11-5-9-12-13-10(7-3-4-15-6-7)14(9)8-1-2-8/h7-8H,1-6H2. The normalized spacial score (nSPS) is 26.1. The molecule has 0 aromatic carbocycles. The molecule has 15 heavy (non-hydrogen) atoms. The van der Waals surface area contributed by atoms with Crippen molar-refractivity contribution in [2.45, 2.75) is 36.6 Å². The summed E-state index contributed by atoms with van der Waals surface area (Å²) in [7, 11) is 0. The summed E-state index contributed by atoms with van der Waals surface area (Å²) in [5, 5.41) is 9.38. The monoisotopic (exact) mass is 271 g/mol. The number of alkyl halides is 1. The van der Waals surface area contributed by atoms with Crippen molar-refractivity contribution < 1.29 is 4.74 Å². The lowest BCUT2D eigenvalue weighted by atomic mass is 10.1. The number of halogens is 1. The van der Waals surface area contributed by atoms with Crippen LogP contribution in [-0.2, 0) is 10.1 Å². The van der Waals surface area contributed by atoms with Gasteiger partial charge < -0.3 is 9.30 Å². The van der Waals surface area contributed by atoms with E-state index in [-0.39, 0.29) is 0 Å². The van der Waals surface area contributed by atoms with Gasteiger partial charge in [0.1, 0.15) is 11.6 Å². The zero-order valence-corrected chi connectivity index (χ0v) is 10.1. The number of nitrogens with zero attached hydrogens (tertiary/aromatic N) is 3. The number of rotatable bonds is 3. The topological polar surface area (TPSA) is 39.9 Å². The van der Waals surface area contributed by atoms with E-state index in [0.29, 0.717) is 12.0 Å². The number of ether oxygens (including phenoxy) is 1. The van der Waals surface area contributed by atoms with E-state index >= 15 is 0 Å². The predicted octanol–water partition coefficient (Wildman–Crippen LogP) is 2.01. The smallest absolute Gasteiger partial charge is 0.143 e. The van der Waals surface area contributed by atoms with Crippen LogP contribution < -0.4 is 0 Å². The quantitative estimate of drug-likeness (QED) is 0.790. The summed E-state index contributed by atoms with van der Waals surface area (Å²) in [5.74, 6) is 2.68. The summed E-state index contributed by atoms with van der Waals surface area (Å²) in [6, 6.07) is 0.656. The van der Waals surface area contributed by atoms with Gasteiger partial charge in [-0.05, 0) is 19.3 Å². The van der Waals surface area contributed by atoms with Crippen LogP contribution in [0.3, 0.4) is 0 Å². The maximum Gasteiger partial charge on any atom is 0.143 e. The highest BCUT2D eigenvalue weighted by molar-refractivity contribution is 9.08. The van der Waals surface area contributed by atoms with Crippen LogP contribution in [0.25, 0.3) is 0 Å². The lowest BCUT2D eigenvalue weighted by molar-refractivity contribution is 0.192. The van der Waals surface area contributed by atoms with Crippen LogP contribution in [0.15, 0.2) is 0 Å². The molecule has 1 atom stereocenters. The molecule has 2 fully saturated rings. The second kappa shape index (κ2) is 3.87. The van der Waals surface area contributed by atoms with Gasteiger partial charge in [0.15, 0.2) is 0 Å². The van der Waals surface area contributed by atoms with Crippen LogP contribution in [0.5, 0.6) is 0 Å². The Morgan fingerprint density at radius 2 is 2.20 bits per heavy atom. The van der Waals surface area contributed by atoms with Crippen LogP contribution in [0.1, 0.15) is 42.9 Å². The van der Waals surface area contributed by atoms with E-state index in [1.54, 1.807) is 0 Å². The summed E-state index contributed by atoms with van der Waals surface area (Å²) >= 11 is 3.47. The number of hydrogen-bond donors (Lipinski definition) is 0. The fraction of sp³-hybridized carbons (Fsp3) is 0.800. The number of aromatic nitrogens is 3. The largest absolute Gasteiger partial charge is 0.381 e. The Kier molecular flexibility index (Phi) is 2.52. The molecule has 1 aromatic rings. The first-order valence-electron chi connectivity index (χ1n) is 5.47. The van der Waals surface area contributed by atoms with E-state index in [4.69, 9.17) is 4.74 Å². The molecular weight excluding hydrogens is 258 g/mol. The van der Waals surface area contributed by atoms with Gasteiger partial charge in [-0.15, -0.1) is 10.2 Å². The number of hydrogen-bond acceptors (Lipinski definition) is 3. The fourth-order valence-electron chi connectivity index (χ4n) is 2.18. The Balaban J connectivity index is 1.94. The molecule has 0 radical (unpaired) electrons. The van der Waals surface area contributed by atoms with Gasteiger partial charge in [0.05, 0.1) is 11.9 Å². The lowest BCUT2D eigenvalue weighted by Gasteiger charge is -2.11. The van der Waals surface area contributed by atoms with Gasteiger partial charge in [-0.1, -0.05) is 15.9 Å². The van der Waals surface area contributed by atoms with E-state index in [9.17, 15) is 0 Å². The van der Waals surface area contributed by atoms with Crippen LogP contribution in [0.4, 0.5) is 0 Å². The molecule has 1 saturated carbocycles. The SMILES string of the molecule is BrCc1nnc(C2CCOC2)n1C1CC1. The minimum absolute atomic E-state index is 0.464. The van der Waals surface area contributed by atoms with Gasteiger partial charge in [0.2, 0.25) is 0 Å². The van der Waals surface area contributed by atoms with Crippen LogP contribution >= 0.6 is 15.9 Å².